The molecule has 20 heavy (non-hydrogen) atoms. The number of carboxylic acid groups (broad SMARTS) is 1. The van der Waals surface area contributed by atoms with Crippen molar-refractivity contribution in [2.24, 2.45) is 0 Å². The Kier molecular flexibility index (Phi) is 3.99. The number of aromatic nitrogens is 5. The first-order chi connectivity index (χ1) is 9.54. The molecule has 9 heteroatoms. The number of carboxylic acids is 1. The first kappa shape index (κ1) is 13.6. The first-order valence-corrected chi connectivity index (χ1v) is 5.72. The maximum Gasteiger partial charge on any atom is 0.325 e. The van der Waals surface area contributed by atoms with Gasteiger partial charge >= 0.3 is 5.97 Å². The lowest BCUT2D eigenvalue weighted by Crippen LogP contribution is -2.24. The fourth-order valence-corrected chi connectivity index (χ4v) is 1.41. The monoisotopic (exact) mass is 276 g/mol. The second-order valence-electron chi connectivity index (χ2n) is 4.03. The Labute approximate surface area is 113 Å². The zero-order chi connectivity index (χ0) is 14.5. The van der Waals surface area contributed by atoms with Crippen LogP contribution in [0.1, 0.15) is 21.9 Å². The van der Waals surface area contributed by atoms with Gasteiger partial charge in [0, 0.05) is 6.20 Å². The van der Waals surface area contributed by atoms with Gasteiger partial charge in [0.25, 0.3) is 5.91 Å². The summed E-state index contributed by atoms with van der Waals surface area (Å²) >= 11 is 0. The average Bonchev–Trinajstić information content (AvgIpc) is 2.83. The molecule has 0 aliphatic rings. The van der Waals surface area contributed by atoms with Crippen LogP contribution in [0.15, 0.2) is 18.6 Å². The zero-order valence-corrected chi connectivity index (χ0v) is 10.6. The Balaban J connectivity index is 1.91. The third kappa shape index (κ3) is 3.57. The van der Waals surface area contributed by atoms with E-state index in [1.165, 1.54) is 23.3 Å². The Morgan fingerprint density at radius 3 is 2.80 bits per heavy atom. The third-order valence-corrected chi connectivity index (χ3v) is 2.33. The van der Waals surface area contributed by atoms with Crippen molar-refractivity contribution in [3.8, 4) is 0 Å². The van der Waals surface area contributed by atoms with E-state index < -0.39 is 5.97 Å². The van der Waals surface area contributed by atoms with Gasteiger partial charge in [0.15, 0.2) is 0 Å². The van der Waals surface area contributed by atoms with Crippen LogP contribution in [0.2, 0.25) is 0 Å². The first-order valence-electron chi connectivity index (χ1n) is 5.72. The minimum absolute atomic E-state index is 0.133. The Bertz CT molecular complexity index is 621. The molecule has 0 saturated heterocycles. The highest BCUT2D eigenvalue weighted by molar-refractivity contribution is 5.91. The number of aryl methyl sites for hydroxylation is 1. The van der Waals surface area contributed by atoms with Gasteiger partial charge in [-0.1, -0.05) is 5.21 Å². The molecule has 0 aromatic carbocycles. The standard InChI is InChI=1S/C11H12N6O3/c1-7-2-13-9(4-12-7)11(20)14-3-8-5-17(16-15-8)6-10(18)19/h2,4-5H,3,6H2,1H3,(H,14,20)(H,18,19). The number of nitrogens with zero attached hydrogens (tertiary/aromatic N) is 5. The molecule has 2 aromatic rings. The van der Waals surface area contributed by atoms with Crippen molar-refractivity contribution in [3.05, 3.63) is 35.7 Å². The predicted octanol–water partition coefficient (Wildman–Crippen LogP) is -0.609. The smallest absolute Gasteiger partial charge is 0.325 e. The van der Waals surface area contributed by atoms with Crippen LogP contribution in [-0.2, 0) is 17.9 Å². The normalized spacial score (nSPS) is 10.2. The number of amides is 1. The molecule has 104 valence electrons. The Morgan fingerprint density at radius 1 is 1.35 bits per heavy atom. The van der Waals surface area contributed by atoms with E-state index >= 15 is 0 Å². The fourth-order valence-electron chi connectivity index (χ4n) is 1.41. The van der Waals surface area contributed by atoms with E-state index in [4.69, 9.17) is 5.11 Å². The molecule has 0 aliphatic carbocycles. The molecule has 0 spiro atoms. The zero-order valence-electron chi connectivity index (χ0n) is 10.6. The van der Waals surface area contributed by atoms with Gasteiger partial charge in [-0.05, 0) is 6.92 Å². The molecule has 0 saturated carbocycles. The van der Waals surface area contributed by atoms with Gasteiger partial charge in [0.05, 0.1) is 24.6 Å². The number of aliphatic carboxylic acids is 1. The van der Waals surface area contributed by atoms with Crippen molar-refractivity contribution in [1.29, 1.82) is 0 Å². The largest absolute Gasteiger partial charge is 0.480 e. The van der Waals surface area contributed by atoms with E-state index in [9.17, 15) is 9.59 Å². The molecule has 1 amide bonds. The van der Waals surface area contributed by atoms with E-state index in [-0.39, 0.29) is 24.7 Å². The van der Waals surface area contributed by atoms with Crippen molar-refractivity contribution in [1.82, 2.24) is 30.3 Å². The number of carbonyl (C=O) groups is 2. The summed E-state index contributed by atoms with van der Waals surface area (Å²) in [5, 5.41) is 18.6. The second-order valence-corrected chi connectivity index (χ2v) is 4.03. The molecule has 2 heterocycles. The van der Waals surface area contributed by atoms with E-state index in [2.05, 4.69) is 25.6 Å². The van der Waals surface area contributed by atoms with E-state index in [0.717, 1.165) is 5.69 Å². The highest BCUT2D eigenvalue weighted by atomic mass is 16.4. The van der Waals surface area contributed by atoms with Crippen LogP contribution in [0.5, 0.6) is 0 Å². The summed E-state index contributed by atoms with van der Waals surface area (Å²) in [6, 6.07) is 0. The van der Waals surface area contributed by atoms with Gasteiger partial charge in [-0.15, -0.1) is 5.10 Å². The summed E-state index contributed by atoms with van der Waals surface area (Å²) < 4.78 is 1.18. The van der Waals surface area contributed by atoms with Crippen LogP contribution in [0.3, 0.4) is 0 Å². The second kappa shape index (κ2) is 5.87. The molecular formula is C11H12N6O3. The summed E-state index contributed by atoms with van der Waals surface area (Å²) in [7, 11) is 0. The minimum Gasteiger partial charge on any atom is -0.480 e. The van der Waals surface area contributed by atoms with Crippen LogP contribution in [0.25, 0.3) is 0 Å². The van der Waals surface area contributed by atoms with Gasteiger partial charge in [-0.3, -0.25) is 14.6 Å². The van der Waals surface area contributed by atoms with Crippen LogP contribution >= 0.6 is 0 Å². The number of hydrogen-bond donors (Lipinski definition) is 2. The lowest BCUT2D eigenvalue weighted by molar-refractivity contribution is -0.137. The fraction of sp³-hybridized carbons (Fsp3) is 0.273. The lowest BCUT2D eigenvalue weighted by atomic mass is 10.4. The van der Waals surface area contributed by atoms with Crippen molar-refractivity contribution < 1.29 is 14.7 Å². The van der Waals surface area contributed by atoms with Crippen molar-refractivity contribution in [2.75, 3.05) is 0 Å². The molecule has 0 fully saturated rings. The molecule has 0 aliphatic heterocycles. The van der Waals surface area contributed by atoms with Crippen LogP contribution in [0, 0.1) is 6.92 Å². The summed E-state index contributed by atoms with van der Waals surface area (Å²) in [6.45, 7) is 1.63. The Hall–Kier alpha value is -2.84. The van der Waals surface area contributed by atoms with Crippen LogP contribution in [-0.4, -0.2) is 41.9 Å². The van der Waals surface area contributed by atoms with Crippen molar-refractivity contribution >= 4 is 11.9 Å². The summed E-state index contributed by atoms with van der Waals surface area (Å²) in [5.74, 6) is -1.40. The SMILES string of the molecule is Cc1cnc(C(=O)NCc2cn(CC(=O)O)nn2)cn1. The Morgan fingerprint density at radius 2 is 2.15 bits per heavy atom. The van der Waals surface area contributed by atoms with E-state index in [1.54, 1.807) is 6.92 Å². The van der Waals surface area contributed by atoms with Crippen molar-refractivity contribution in [2.45, 2.75) is 20.0 Å². The molecule has 0 atom stereocenters. The lowest BCUT2D eigenvalue weighted by Gasteiger charge is -2.01. The molecular weight excluding hydrogens is 264 g/mol. The molecule has 9 nitrogen and oxygen atoms in total. The topological polar surface area (TPSA) is 123 Å². The van der Waals surface area contributed by atoms with Gasteiger partial charge in [0.1, 0.15) is 17.9 Å². The number of rotatable bonds is 5. The molecule has 0 unspecified atom stereocenters. The number of nitrogens with one attached hydrogen (secondary N) is 1. The van der Waals surface area contributed by atoms with Gasteiger partial charge in [-0.2, -0.15) is 0 Å². The van der Waals surface area contributed by atoms with Gasteiger partial charge in [-0.25, -0.2) is 9.67 Å². The predicted molar refractivity (Wildman–Crippen MR) is 65.6 cm³/mol. The maximum atomic E-state index is 11.8. The molecule has 2 N–H and O–H groups in total. The maximum absolute atomic E-state index is 11.8. The van der Waals surface area contributed by atoms with Crippen LogP contribution in [0.4, 0.5) is 0 Å². The third-order valence-electron chi connectivity index (χ3n) is 2.33. The van der Waals surface area contributed by atoms with E-state index in [1.807, 2.05) is 0 Å². The quantitative estimate of drug-likeness (QED) is 0.746. The molecule has 2 aromatic heterocycles. The number of carbonyl (C=O) groups excluding carboxylic acids is 1. The van der Waals surface area contributed by atoms with Crippen LogP contribution < -0.4 is 5.32 Å². The average molecular weight is 276 g/mol. The number of hydrogen-bond acceptors (Lipinski definition) is 6. The van der Waals surface area contributed by atoms with Gasteiger partial charge in [0.2, 0.25) is 0 Å². The summed E-state index contributed by atoms with van der Waals surface area (Å²) in [4.78, 5) is 30.1. The summed E-state index contributed by atoms with van der Waals surface area (Å²) in [6.07, 6.45) is 4.33. The van der Waals surface area contributed by atoms with E-state index in [0.29, 0.717) is 5.69 Å². The molecule has 0 bridgehead atoms. The van der Waals surface area contributed by atoms with Crippen molar-refractivity contribution in [3.63, 3.8) is 0 Å². The summed E-state index contributed by atoms with van der Waals surface area (Å²) in [5.41, 5.74) is 1.38. The van der Waals surface area contributed by atoms with Gasteiger partial charge < -0.3 is 10.4 Å². The minimum atomic E-state index is -1.01. The highest BCUT2D eigenvalue weighted by Crippen LogP contribution is 1.97. The highest BCUT2D eigenvalue weighted by Gasteiger charge is 2.09. The molecule has 0 radical (unpaired) electrons. The molecule has 2 rings (SSSR count).